The van der Waals surface area contributed by atoms with Gasteiger partial charge in [0.05, 0.1) is 0 Å². The van der Waals surface area contributed by atoms with E-state index in [4.69, 9.17) is 0 Å². The Hall–Kier alpha value is -2.69. The Morgan fingerprint density at radius 3 is 1.74 bits per heavy atom. The number of nitrogens with zero attached hydrogens (tertiary/aromatic N) is 1. The molecule has 1 heterocycles. The summed E-state index contributed by atoms with van der Waals surface area (Å²) in [5.41, 5.74) is 3.47. The number of carbonyl (C=O) groups excluding carboxylic acids is 2. The molecule has 144 valence electrons. The van der Waals surface area contributed by atoms with E-state index in [1.54, 1.807) is 18.2 Å². The highest BCUT2D eigenvalue weighted by Gasteiger charge is 2.18. The van der Waals surface area contributed by atoms with Crippen LogP contribution in [-0.4, -0.2) is 22.8 Å². The number of pyridine rings is 1. The maximum Gasteiger partial charge on any atom is 0.274 e. The van der Waals surface area contributed by atoms with Crippen molar-refractivity contribution >= 4 is 17.5 Å². The molecule has 0 aliphatic carbocycles. The van der Waals surface area contributed by atoms with Gasteiger partial charge in [0.1, 0.15) is 11.4 Å². The molecule has 0 aliphatic heterocycles. The summed E-state index contributed by atoms with van der Waals surface area (Å²) in [5.74, 6) is -0.0560. The van der Waals surface area contributed by atoms with Crippen LogP contribution in [0.1, 0.15) is 85.5 Å². The van der Waals surface area contributed by atoms with Crippen LogP contribution in [0.2, 0.25) is 0 Å². The molecule has 5 heteroatoms. The summed E-state index contributed by atoms with van der Waals surface area (Å²) in [6.45, 7) is 12.2. The van der Waals surface area contributed by atoms with Crippen molar-refractivity contribution in [2.24, 2.45) is 0 Å². The predicted molar refractivity (Wildman–Crippen MR) is 109 cm³/mol. The highest BCUT2D eigenvalue weighted by molar-refractivity contribution is 6.04. The van der Waals surface area contributed by atoms with Gasteiger partial charge in [-0.3, -0.25) is 9.59 Å². The first-order chi connectivity index (χ1) is 12.7. The van der Waals surface area contributed by atoms with Crippen molar-refractivity contribution in [3.05, 3.63) is 58.9 Å². The van der Waals surface area contributed by atoms with E-state index in [-0.39, 0.29) is 41.1 Å². The average molecular weight is 367 g/mol. The zero-order valence-electron chi connectivity index (χ0n) is 17.0. The Balaban J connectivity index is 2.34. The van der Waals surface area contributed by atoms with Crippen molar-refractivity contribution < 1.29 is 9.59 Å². The number of amides is 2. The van der Waals surface area contributed by atoms with Gasteiger partial charge in [0.25, 0.3) is 11.8 Å². The second-order valence-electron chi connectivity index (χ2n) is 7.61. The Morgan fingerprint density at radius 1 is 0.778 bits per heavy atom. The highest BCUT2D eigenvalue weighted by Crippen LogP contribution is 2.32. The molecule has 1 aromatic heterocycles. The van der Waals surface area contributed by atoms with Gasteiger partial charge in [-0.1, -0.05) is 52.0 Å². The molecule has 2 N–H and O–H groups in total. The predicted octanol–water partition coefficient (Wildman–Crippen LogP) is 4.72. The van der Waals surface area contributed by atoms with Gasteiger partial charge < -0.3 is 10.6 Å². The third-order valence-corrected chi connectivity index (χ3v) is 4.25. The minimum absolute atomic E-state index is 0.00306. The summed E-state index contributed by atoms with van der Waals surface area (Å²) < 4.78 is 0. The molecule has 1 aromatic carbocycles. The van der Waals surface area contributed by atoms with Crippen molar-refractivity contribution in [2.45, 2.75) is 59.4 Å². The number of hydrogen-bond donors (Lipinski definition) is 2. The number of hydrogen-bond acceptors (Lipinski definition) is 3. The Morgan fingerprint density at radius 2 is 1.26 bits per heavy atom. The summed E-state index contributed by atoms with van der Waals surface area (Å²) in [7, 11) is 0. The lowest BCUT2D eigenvalue weighted by Gasteiger charge is -2.20. The maximum atomic E-state index is 12.9. The minimum atomic E-state index is -0.316. The molecule has 0 aliphatic rings. The number of nitrogens with one attached hydrogen (secondary N) is 2. The van der Waals surface area contributed by atoms with E-state index < -0.39 is 0 Å². The zero-order chi connectivity index (χ0) is 20.1. The molecule has 0 fully saturated rings. The topological polar surface area (TPSA) is 71.1 Å². The fourth-order valence-corrected chi connectivity index (χ4v) is 2.90. The highest BCUT2D eigenvalue weighted by atomic mass is 16.2. The van der Waals surface area contributed by atoms with Gasteiger partial charge >= 0.3 is 0 Å². The number of aromatic nitrogens is 1. The minimum Gasteiger partial charge on any atom is -0.349 e. The van der Waals surface area contributed by atoms with Crippen molar-refractivity contribution in [1.82, 2.24) is 10.3 Å². The van der Waals surface area contributed by atoms with Crippen LogP contribution in [0.15, 0.2) is 36.4 Å². The number of rotatable bonds is 6. The van der Waals surface area contributed by atoms with Crippen LogP contribution in [0.25, 0.3) is 0 Å². The van der Waals surface area contributed by atoms with Crippen LogP contribution >= 0.6 is 0 Å². The van der Waals surface area contributed by atoms with Crippen LogP contribution < -0.4 is 10.6 Å². The smallest absolute Gasteiger partial charge is 0.274 e. The molecular formula is C22H29N3O2. The molecule has 5 nitrogen and oxygen atoms in total. The molecule has 2 amide bonds. The molecule has 0 unspecified atom stereocenters. The molecule has 0 saturated carbocycles. The van der Waals surface area contributed by atoms with Gasteiger partial charge in [-0.25, -0.2) is 4.98 Å². The van der Waals surface area contributed by atoms with Crippen LogP contribution in [0.5, 0.6) is 0 Å². The van der Waals surface area contributed by atoms with Gasteiger partial charge in [0.2, 0.25) is 0 Å². The van der Waals surface area contributed by atoms with Crippen molar-refractivity contribution in [3.8, 4) is 0 Å². The average Bonchev–Trinajstić information content (AvgIpc) is 2.61. The normalized spacial score (nSPS) is 11.1. The van der Waals surface area contributed by atoms with Crippen LogP contribution in [0.3, 0.4) is 0 Å². The number of anilines is 1. The van der Waals surface area contributed by atoms with E-state index in [2.05, 4.69) is 43.3 Å². The van der Waals surface area contributed by atoms with Crippen molar-refractivity contribution in [1.29, 1.82) is 0 Å². The molecule has 0 atom stereocenters. The molecule has 0 bridgehead atoms. The fraction of sp³-hybridized carbons (Fsp3) is 0.409. The van der Waals surface area contributed by atoms with E-state index >= 15 is 0 Å². The molecule has 0 saturated heterocycles. The monoisotopic (exact) mass is 367 g/mol. The third-order valence-electron chi connectivity index (χ3n) is 4.25. The Bertz CT molecular complexity index is 800. The van der Waals surface area contributed by atoms with E-state index in [1.165, 1.54) is 0 Å². The van der Waals surface area contributed by atoms with Crippen LogP contribution in [-0.2, 0) is 0 Å². The van der Waals surface area contributed by atoms with Crippen molar-refractivity contribution in [3.63, 3.8) is 0 Å². The standard InChI is InChI=1S/C22H29N3O2/c1-13(2)16-9-7-10-17(14(3)4)20(16)25-22(27)19-12-8-11-18(24-19)21(26)23-15(5)6/h7-15H,1-6H3,(H,23,26)(H,25,27). The number of carbonyl (C=O) groups is 2. The lowest BCUT2D eigenvalue weighted by molar-refractivity contribution is 0.0938. The zero-order valence-corrected chi connectivity index (χ0v) is 17.0. The second-order valence-corrected chi connectivity index (χ2v) is 7.61. The fourth-order valence-electron chi connectivity index (χ4n) is 2.90. The first-order valence-corrected chi connectivity index (χ1v) is 9.42. The third kappa shape index (κ3) is 5.16. The summed E-state index contributed by atoms with van der Waals surface area (Å²) in [6.07, 6.45) is 0. The van der Waals surface area contributed by atoms with E-state index in [0.717, 1.165) is 16.8 Å². The molecule has 2 aromatic rings. The number of para-hydroxylation sites is 1. The SMILES string of the molecule is CC(C)NC(=O)c1cccc(C(=O)Nc2c(C(C)C)cccc2C(C)C)n1. The second kappa shape index (κ2) is 8.80. The molecule has 0 radical (unpaired) electrons. The van der Waals surface area contributed by atoms with Gasteiger partial charge in [0.15, 0.2) is 0 Å². The van der Waals surface area contributed by atoms with Gasteiger partial charge in [-0.2, -0.15) is 0 Å². The van der Waals surface area contributed by atoms with Crippen molar-refractivity contribution in [2.75, 3.05) is 5.32 Å². The van der Waals surface area contributed by atoms with Crippen LogP contribution in [0.4, 0.5) is 5.69 Å². The summed E-state index contributed by atoms with van der Waals surface area (Å²) in [6, 6.07) is 11.0. The molecule has 27 heavy (non-hydrogen) atoms. The first kappa shape index (κ1) is 20.6. The number of benzene rings is 1. The summed E-state index contributed by atoms with van der Waals surface area (Å²) in [5, 5.41) is 5.82. The Labute approximate surface area is 161 Å². The molecule has 2 rings (SSSR count). The first-order valence-electron chi connectivity index (χ1n) is 9.42. The molecule has 0 spiro atoms. The quantitative estimate of drug-likeness (QED) is 0.776. The summed E-state index contributed by atoms with van der Waals surface area (Å²) in [4.78, 5) is 29.3. The Kier molecular flexibility index (Phi) is 6.72. The van der Waals surface area contributed by atoms with Gasteiger partial charge in [-0.05, 0) is 48.9 Å². The largest absolute Gasteiger partial charge is 0.349 e. The lowest BCUT2D eigenvalue weighted by Crippen LogP contribution is -2.31. The summed E-state index contributed by atoms with van der Waals surface area (Å²) >= 11 is 0. The maximum absolute atomic E-state index is 12.9. The van der Waals surface area contributed by atoms with Gasteiger partial charge in [0, 0.05) is 11.7 Å². The van der Waals surface area contributed by atoms with E-state index in [9.17, 15) is 9.59 Å². The van der Waals surface area contributed by atoms with Crippen LogP contribution in [0, 0.1) is 0 Å². The molecular weight excluding hydrogens is 338 g/mol. The van der Waals surface area contributed by atoms with E-state index in [1.807, 2.05) is 32.0 Å². The lowest BCUT2D eigenvalue weighted by atomic mass is 9.92. The van der Waals surface area contributed by atoms with E-state index in [0.29, 0.717) is 0 Å². The van der Waals surface area contributed by atoms with Gasteiger partial charge in [-0.15, -0.1) is 0 Å².